The highest BCUT2D eigenvalue weighted by Gasteiger charge is 2.12. The van der Waals surface area contributed by atoms with Crippen molar-refractivity contribution in [1.82, 2.24) is 10.2 Å². The molecule has 1 amide bonds. The van der Waals surface area contributed by atoms with E-state index in [9.17, 15) is 4.79 Å². The minimum absolute atomic E-state index is 0.00956. The molecule has 0 aliphatic rings. The number of nitrogens with zero attached hydrogens (tertiary/aromatic N) is 1. The van der Waals surface area contributed by atoms with Gasteiger partial charge in [0.15, 0.2) is 6.61 Å². The molecule has 0 aromatic heterocycles. The summed E-state index contributed by atoms with van der Waals surface area (Å²) in [4.78, 5) is 13.1. The SMILES string of the molecule is COCCNCc1cc(Br)c(OCC(=O)N(C)C)c(Br)c1. The maximum atomic E-state index is 11.6. The van der Waals surface area contributed by atoms with Crippen LogP contribution in [0.4, 0.5) is 0 Å². The number of ether oxygens (including phenoxy) is 2. The van der Waals surface area contributed by atoms with Crippen LogP contribution in [0.5, 0.6) is 5.75 Å². The van der Waals surface area contributed by atoms with E-state index in [1.807, 2.05) is 12.1 Å². The fourth-order valence-corrected chi connectivity index (χ4v) is 3.03. The molecule has 21 heavy (non-hydrogen) atoms. The Labute approximate surface area is 142 Å². The normalized spacial score (nSPS) is 10.5. The third-order valence-electron chi connectivity index (χ3n) is 2.71. The van der Waals surface area contributed by atoms with E-state index in [2.05, 4.69) is 37.2 Å². The third-order valence-corrected chi connectivity index (χ3v) is 3.89. The number of halogens is 2. The first-order valence-corrected chi connectivity index (χ1v) is 8.04. The van der Waals surface area contributed by atoms with Crippen LogP contribution >= 0.6 is 31.9 Å². The van der Waals surface area contributed by atoms with Crippen LogP contribution in [0.25, 0.3) is 0 Å². The van der Waals surface area contributed by atoms with Gasteiger partial charge in [-0.25, -0.2) is 0 Å². The van der Waals surface area contributed by atoms with E-state index in [1.165, 1.54) is 4.90 Å². The first-order valence-electron chi connectivity index (χ1n) is 6.46. The molecule has 0 saturated heterocycles. The molecule has 0 heterocycles. The van der Waals surface area contributed by atoms with Crippen LogP contribution in [0.2, 0.25) is 0 Å². The van der Waals surface area contributed by atoms with E-state index in [0.29, 0.717) is 12.4 Å². The predicted octanol–water partition coefficient (Wildman–Crippen LogP) is 2.41. The summed E-state index contributed by atoms with van der Waals surface area (Å²) >= 11 is 6.95. The van der Waals surface area contributed by atoms with Crippen LogP contribution < -0.4 is 10.1 Å². The highest BCUT2D eigenvalue weighted by atomic mass is 79.9. The van der Waals surface area contributed by atoms with Crippen LogP contribution in [0.15, 0.2) is 21.1 Å². The molecule has 0 saturated carbocycles. The second-order valence-electron chi connectivity index (χ2n) is 4.64. The summed E-state index contributed by atoms with van der Waals surface area (Å²) in [6.07, 6.45) is 0. The minimum Gasteiger partial charge on any atom is -0.481 e. The second kappa shape index (κ2) is 9.40. The second-order valence-corrected chi connectivity index (χ2v) is 6.34. The number of rotatable bonds is 8. The van der Waals surface area contributed by atoms with E-state index in [1.54, 1.807) is 21.2 Å². The van der Waals surface area contributed by atoms with Gasteiger partial charge in [-0.3, -0.25) is 4.79 Å². The van der Waals surface area contributed by atoms with Crippen LogP contribution in [-0.4, -0.2) is 51.8 Å². The van der Waals surface area contributed by atoms with Crippen molar-refractivity contribution in [2.75, 3.05) is 41.0 Å². The number of carbonyl (C=O) groups is 1. The van der Waals surface area contributed by atoms with Gasteiger partial charge in [0.25, 0.3) is 5.91 Å². The molecule has 0 spiro atoms. The number of nitrogens with one attached hydrogen (secondary N) is 1. The first-order chi connectivity index (χ1) is 9.95. The van der Waals surface area contributed by atoms with Crippen molar-refractivity contribution in [3.05, 3.63) is 26.6 Å². The average Bonchev–Trinajstić information content (AvgIpc) is 2.42. The lowest BCUT2D eigenvalue weighted by molar-refractivity contribution is -0.130. The average molecular weight is 424 g/mol. The van der Waals surface area contributed by atoms with Crippen molar-refractivity contribution >= 4 is 37.8 Å². The number of methoxy groups -OCH3 is 1. The number of benzene rings is 1. The summed E-state index contributed by atoms with van der Waals surface area (Å²) in [6.45, 7) is 2.21. The Hall–Kier alpha value is -0.630. The molecule has 118 valence electrons. The zero-order chi connectivity index (χ0) is 15.8. The molecule has 1 N–H and O–H groups in total. The Morgan fingerprint density at radius 1 is 1.29 bits per heavy atom. The largest absolute Gasteiger partial charge is 0.481 e. The minimum atomic E-state index is -0.0842. The van der Waals surface area contributed by atoms with Gasteiger partial charge in [-0.2, -0.15) is 0 Å². The number of hydrogen-bond acceptors (Lipinski definition) is 4. The molecule has 0 bridgehead atoms. The van der Waals surface area contributed by atoms with Gasteiger partial charge in [-0.15, -0.1) is 0 Å². The predicted molar refractivity (Wildman–Crippen MR) is 89.6 cm³/mol. The molecule has 1 aromatic rings. The van der Waals surface area contributed by atoms with Crippen LogP contribution in [-0.2, 0) is 16.1 Å². The molecule has 0 aliphatic heterocycles. The first kappa shape index (κ1) is 18.4. The zero-order valence-corrected chi connectivity index (χ0v) is 15.6. The zero-order valence-electron chi connectivity index (χ0n) is 12.4. The van der Waals surface area contributed by atoms with Crippen LogP contribution in [0, 0.1) is 0 Å². The Balaban J connectivity index is 2.64. The summed E-state index contributed by atoms with van der Waals surface area (Å²) in [7, 11) is 5.07. The van der Waals surface area contributed by atoms with Gasteiger partial charge in [-0.1, -0.05) is 0 Å². The van der Waals surface area contributed by atoms with Crippen molar-refractivity contribution in [3.63, 3.8) is 0 Å². The van der Waals surface area contributed by atoms with Crippen molar-refractivity contribution in [3.8, 4) is 5.75 Å². The number of carbonyl (C=O) groups excluding carboxylic acids is 1. The lowest BCUT2D eigenvalue weighted by Gasteiger charge is -2.14. The Morgan fingerprint density at radius 2 is 1.90 bits per heavy atom. The van der Waals surface area contributed by atoms with Gasteiger partial charge in [-0.05, 0) is 49.6 Å². The van der Waals surface area contributed by atoms with Gasteiger partial charge >= 0.3 is 0 Å². The van der Waals surface area contributed by atoms with Gasteiger partial charge < -0.3 is 19.7 Å². The van der Waals surface area contributed by atoms with Crippen molar-refractivity contribution in [2.24, 2.45) is 0 Å². The smallest absolute Gasteiger partial charge is 0.259 e. The topological polar surface area (TPSA) is 50.8 Å². The standard InChI is InChI=1S/C14H20Br2N2O3/c1-18(2)13(19)9-21-14-11(15)6-10(7-12(14)16)8-17-4-5-20-3/h6-7,17H,4-5,8-9H2,1-3H3. The van der Waals surface area contributed by atoms with E-state index >= 15 is 0 Å². The summed E-state index contributed by atoms with van der Waals surface area (Å²) in [5, 5.41) is 3.27. The van der Waals surface area contributed by atoms with E-state index in [4.69, 9.17) is 9.47 Å². The maximum Gasteiger partial charge on any atom is 0.259 e. The van der Waals surface area contributed by atoms with E-state index in [-0.39, 0.29) is 12.5 Å². The maximum absolute atomic E-state index is 11.6. The molecule has 0 aliphatic carbocycles. The van der Waals surface area contributed by atoms with E-state index in [0.717, 1.165) is 27.6 Å². The number of likely N-dealkylation sites (N-methyl/N-ethyl adjacent to an activating group) is 1. The van der Waals surface area contributed by atoms with Gasteiger partial charge in [0.05, 0.1) is 15.6 Å². The van der Waals surface area contributed by atoms with Gasteiger partial charge in [0.1, 0.15) is 5.75 Å². The molecule has 0 atom stereocenters. The molecule has 1 rings (SSSR count). The van der Waals surface area contributed by atoms with Crippen molar-refractivity contribution < 1.29 is 14.3 Å². The summed E-state index contributed by atoms with van der Waals surface area (Å²) in [5.41, 5.74) is 1.11. The number of amides is 1. The Bertz CT molecular complexity index is 458. The summed E-state index contributed by atoms with van der Waals surface area (Å²) in [5.74, 6) is 0.546. The summed E-state index contributed by atoms with van der Waals surface area (Å²) in [6, 6.07) is 3.94. The molecular formula is C14H20Br2N2O3. The fourth-order valence-electron chi connectivity index (χ4n) is 1.52. The van der Waals surface area contributed by atoms with Crippen LogP contribution in [0.3, 0.4) is 0 Å². The van der Waals surface area contributed by atoms with Gasteiger partial charge in [0, 0.05) is 34.3 Å². The highest BCUT2D eigenvalue weighted by molar-refractivity contribution is 9.11. The molecule has 0 fully saturated rings. The van der Waals surface area contributed by atoms with Gasteiger partial charge in [0.2, 0.25) is 0 Å². The Kier molecular flexibility index (Phi) is 8.24. The van der Waals surface area contributed by atoms with E-state index < -0.39 is 0 Å². The molecule has 0 radical (unpaired) electrons. The lowest BCUT2D eigenvalue weighted by atomic mass is 10.2. The third kappa shape index (κ3) is 6.34. The lowest BCUT2D eigenvalue weighted by Crippen LogP contribution is -2.27. The molecule has 1 aromatic carbocycles. The van der Waals surface area contributed by atoms with Crippen LogP contribution in [0.1, 0.15) is 5.56 Å². The monoisotopic (exact) mass is 422 g/mol. The van der Waals surface area contributed by atoms with Crippen molar-refractivity contribution in [2.45, 2.75) is 6.54 Å². The summed E-state index contributed by atoms with van der Waals surface area (Å²) < 4.78 is 12.2. The molecule has 5 nitrogen and oxygen atoms in total. The highest BCUT2D eigenvalue weighted by Crippen LogP contribution is 2.34. The molecule has 7 heteroatoms. The quantitative estimate of drug-likeness (QED) is 0.652. The Morgan fingerprint density at radius 3 is 2.43 bits per heavy atom. The molecular weight excluding hydrogens is 404 g/mol. The fraction of sp³-hybridized carbons (Fsp3) is 0.500. The number of hydrogen-bond donors (Lipinski definition) is 1. The van der Waals surface area contributed by atoms with Crippen molar-refractivity contribution in [1.29, 1.82) is 0 Å². The molecule has 0 unspecified atom stereocenters.